The first-order valence-electron chi connectivity index (χ1n) is 6.67. The summed E-state index contributed by atoms with van der Waals surface area (Å²) in [6.07, 6.45) is 1.71. The van der Waals surface area contributed by atoms with Gasteiger partial charge in [0, 0.05) is 51.2 Å². The lowest BCUT2D eigenvalue weighted by atomic mass is 10.2. The molecule has 1 aromatic heterocycles. The summed E-state index contributed by atoms with van der Waals surface area (Å²) in [5.41, 5.74) is 1.60. The Morgan fingerprint density at radius 3 is 2.68 bits per heavy atom. The maximum atomic E-state index is 8.88. The summed E-state index contributed by atoms with van der Waals surface area (Å²) < 4.78 is 0. The second kappa shape index (κ2) is 6.50. The Morgan fingerprint density at radius 2 is 2.05 bits per heavy atom. The molecule has 0 aliphatic carbocycles. The summed E-state index contributed by atoms with van der Waals surface area (Å²) in [4.78, 5) is 11.0. The van der Waals surface area contributed by atoms with Crippen molar-refractivity contribution in [3.05, 3.63) is 24.0 Å². The quantitative estimate of drug-likeness (QED) is 0.794. The maximum absolute atomic E-state index is 8.88. The molecule has 102 valence electrons. The van der Waals surface area contributed by atoms with Crippen LogP contribution >= 0.6 is 0 Å². The zero-order valence-electron chi connectivity index (χ0n) is 11.7. The molecule has 0 radical (unpaired) electrons. The zero-order chi connectivity index (χ0) is 13.7. The lowest BCUT2D eigenvalue weighted by molar-refractivity contribution is 0.229. The van der Waals surface area contributed by atoms with Crippen molar-refractivity contribution in [3.63, 3.8) is 0 Å². The third-order valence-corrected chi connectivity index (χ3v) is 3.46. The number of hydrogen-bond donors (Lipinski definition) is 0. The minimum atomic E-state index is 0.493. The van der Waals surface area contributed by atoms with Crippen LogP contribution in [-0.4, -0.2) is 68.1 Å². The average Bonchev–Trinajstić information content (AvgIpc) is 2.45. The van der Waals surface area contributed by atoms with Crippen LogP contribution in [-0.2, 0) is 0 Å². The Morgan fingerprint density at radius 1 is 1.32 bits per heavy atom. The molecule has 1 aromatic rings. The van der Waals surface area contributed by atoms with Crippen molar-refractivity contribution in [2.45, 2.75) is 0 Å². The second-order valence-corrected chi connectivity index (χ2v) is 5.14. The molecular weight excluding hydrogens is 238 g/mol. The van der Waals surface area contributed by atoms with Gasteiger partial charge in [0.1, 0.15) is 11.8 Å². The predicted molar refractivity (Wildman–Crippen MR) is 76.2 cm³/mol. The molecule has 19 heavy (non-hydrogen) atoms. The van der Waals surface area contributed by atoms with Gasteiger partial charge in [-0.25, -0.2) is 4.98 Å². The fourth-order valence-corrected chi connectivity index (χ4v) is 2.25. The molecule has 5 heteroatoms. The Kier molecular flexibility index (Phi) is 4.72. The molecule has 0 amide bonds. The molecule has 1 aliphatic heterocycles. The van der Waals surface area contributed by atoms with Gasteiger partial charge in [0.05, 0.1) is 0 Å². The van der Waals surface area contributed by atoms with Crippen molar-refractivity contribution in [2.24, 2.45) is 0 Å². The van der Waals surface area contributed by atoms with E-state index in [1.54, 1.807) is 6.20 Å². The summed E-state index contributed by atoms with van der Waals surface area (Å²) in [5, 5.41) is 8.88. The van der Waals surface area contributed by atoms with Crippen LogP contribution in [0, 0.1) is 11.3 Å². The van der Waals surface area contributed by atoms with Crippen molar-refractivity contribution in [1.82, 2.24) is 14.8 Å². The molecule has 0 bridgehead atoms. The highest BCUT2D eigenvalue weighted by molar-refractivity contribution is 5.49. The first kappa shape index (κ1) is 13.8. The highest BCUT2D eigenvalue weighted by atomic mass is 15.3. The molecule has 0 aromatic carbocycles. The number of nitrogens with zero attached hydrogens (tertiary/aromatic N) is 5. The van der Waals surface area contributed by atoms with E-state index in [4.69, 9.17) is 5.26 Å². The van der Waals surface area contributed by atoms with Crippen LogP contribution in [0.25, 0.3) is 0 Å². The number of anilines is 1. The fourth-order valence-electron chi connectivity index (χ4n) is 2.25. The number of nitriles is 1. The highest BCUT2D eigenvalue weighted by Gasteiger charge is 2.17. The molecule has 2 rings (SSSR count). The summed E-state index contributed by atoms with van der Waals surface area (Å²) in [6, 6.07) is 5.95. The van der Waals surface area contributed by atoms with Gasteiger partial charge in [0.15, 0.2) is 0 Å². The van der Waals surface area contributed by atoms with Gasteiger partial charge < -0.3 is 9.80 Å². The Labute approximate surface area is 115 Å². The summed E-state index contributed by atoms with van der Waals surface area (Å²) in [6.45, 7) is 6.43. The number of piperazine rings is 1. The van der Waals surface area contributed by atoms with Gasteiger partial charge in [-0.05, 0) is 26.2 Å². The van der Waals surface area contributed by atoms with E-state index in [9.17, 15) is 0 Å². The average molecular weight is 259 g/mol. The fraction of sp³-hybridized carbons (Fsp3) is 0.571. The van der Waals surface area contributed by atoms with E-state index < -0.39 is 0 Å². The van der Waals surface area contributed by atoms with Crippen molar-refractivity contribution < 1.29 is 0 Å². The number of hydrogen-bond acceptors (Lipinski definition) is 5. The van der Waals surface area contributed by atoms with E-state index in [-0.39, 0.29) is 0 Å². The minimum absolute atomic E-state index is 0.493. The molecular formula is C14H21N5. The second-order valence-electron chi connectivity index (χ2n) is 5.14. The van der Waals surface area contributed by atoms with E-state index in [2.05, 4.69) is 39.8 Å². The van der Waals surface area contributed by atoms with Gasteiger partial charge >= 0.3 is 0 Å². The monoisotopic (exact) mass is 259 g/mol. The van der Waals surface area contributed by atoms with Crippen LogP contribution in [0.3, 0.4) is 0 Å². The summed E-state index contributed by atoms with van der Waals surface area (Å²) >= 11 is 0. The first-order valence-corrected chi connectivity index (χ1v) is 6.67. The van der Waals surface area contributed by atoms with E-state index >= 15 is 0 Å². The van der Waals surface area contributed by atoms with Crippen LogP contribution in [0.5, 0.6) is 0 Å². The van der Waals surface area contributed by atoms with Crippen LogP contribution in [0.1, 0.15) is 5.69 Å². The zero-order valence-corrected chi connectivity index (χ0v) is 11.7. The van der Waals surface area contributed by atoms with E-state index in [0.717, 1.165) is 45.0 Å². The van der Waals surface area contributed by atoms with Crippen molar-refractivity contribution in [2.75, 3.05) is 58.3 Å². The van der Waals surface area contributed by atoms with Crippen molar-refractivity contribution >= 4 is 5.69 Å². The van der Waals surface area contributed by atoms with Crippen LogP contribution in [0.4, 0.5) is 5.69 Å². The molecule has 0 saturated carbocycles. The van der Waals surface area contributed by atoms with E-state index in [1.807, 2.05) is 12.1 Å². The van der Waals surface area contributed by atoms with Crippen LogP contribution < -0.4 is 4.90 Å². The van der Waals surface area contributed by atoms with Gasteiger partial charge in [-0.1, -0.05) is 0 Å². The molecule has 0 atom stereocenters. The van der Waals surface area contributed by atoms with Gasteiger partial charge in [0.2, 0.25) is 0 Å². The lowest BCUT2D eigenvalue weighted by Crippen LogP contribution is -2.48. The van der Waals surface area contributed by atoms with Gasteiger partial charge in [-0.15, -0.1) is 0 Å². The third-order valence-electron chi connectivity index (χ3n) is 3.46. The SMILES string of the molecule is CN(C)CCN1CCN(c2ccnc(C#N)c2)CC1. The normalized spacial score (nSPS) is 16.6. The number of pyridine rings is 1. The van der Waals surface area contributed by atoms with Crippen LogP contribution in [0.15, 0.2) is 18.3 Å². The van der Waals surface area contributed by atoms with E-state index in [0.29, 0.717) is 5.69 Å². The standard InChI is InChI=1S/C14H21N5/c1-17(2)5-6-18-7-9-19(10-8-18)14-3-4-16-13(11-14)12-15/h3-4,11H,5-10H2,1-2H3. The topological polar surface area (TPSA) is 46.4 Å². The predicted octanol–water partition coefficient (Wildman–Crippen LogP) is 0.637. The number of rotatable bonds is 4. The first-order chi connectivity index (χ1) is 9.19. The molecule has 1 aliphatic rings. The number of likely N-dealkylation sites (N-methyl/N-ethyl adjacent to an activating group) is 1. The highest BCUT2D eigenvalue weighted by Crippen LogP contribution is 2.16. The molecule has 1 fully saturated rings. The van der Waals surface area contributed by atoms with Crippen LogP contribution in [0.2, 0.25) is 0 Å². The third kappa shape index (κ3) is 3.91. The summed E-state index contributed by atoms with van der Waals surface area (Å²) in [5.74, 6) is 0. The van der Waals surface area contributed by atoms with Gasteiger partial charge in [-0.2, -0.15) is 5.26 Å². The molecule has 5 nitrogen and oxygen atoms in total. The molecule has 0 unspecified atom stereocenters. The largest absolute Gasteiger partial charge is 0.369 e. The maximum Gasteiger partial charge on any atom is 0.142 e. The number of aromatic nitrogens is 1. The lowest BCUT2D eigenvalue weighted by Gasteiger charge is -2.36. The molecule has 0 spiro atoms. The van der Waals surface area contributed by atoms with Crippen molar-refractivity contribution in [1.29, 1.82) is 5.26 Å². The minimum Gasteiger partial charge on any atom is -0.369 e. The molecule has 0 N–H and O–H groups in total. The van der Waals surface area contributed by atoms with Gasteiger partial charge in [-0.3, -0.25) is 4.90 Å². The summed E-state index contributed by atoms with van der Waals surface area (Å²) in [7, 11) is 4.22. The Hall–Kier alpha value is -1.64. The van der Waals surface area contributed by atoms with Gasteiger partial charge in [0.25, 0.3) is 0 Å². The Balaban J connectivity index is 1.87. The van der Waals surface area contributed by atoms with Crippen molar-refractivity contribution in [3.8, 4) is 6.07 Å². The Bertz CT molecular complexity index is 443. The molecule has 2 heterocycles. The van der Waals surface area contributed by atoms with E-state index in [1.165, 1.54) is 0 Å². The molecule has 1 saturated heterocycles. The smallest absolute Gasteiger partial charge is 0.142 e.